The van der Waals surface area contributed by atoms with Crippen molar-refractivity contribution in [3.8, 4) is 5.75 Å². The zero-order valence-corrected chi connectivity index (χ0v) is 17.0. The van der Waals surface area contributed by atoms with Gasteiger partial charge >= 0.3 is 0 Å². The first-order valence-electron chi connectivity index (χ1n) is 10.2. The maximum atomic E-state index is 12.4. The molecule has 1 saturated heterocycles. The molecule has 0 aromatic heterocycles. The van der Waals surface area contributed by atoms with E-state index in [-0.39, 0.29) is 5.91 Å². The normalized spacial score (nSPS) is 14.7. The highest BCUT2D eigenvalue weighted by Gasteiger charge is 2.19. The molecule has 0 atom stereocenters. The Kier molecular flexibility index (Phi) is 7.31. The minimum Gasteiger partial charge on any atom is -0.494 e. The molecule has 0 saturated carbocycles. The van der Waals surface area contributed by atoms with Crippen molar-refractivity contribution in [1.29, 1.82) is 0 Å². The average Bonchev–Trinajstić information content (AvgIpc) is 2.70. The van der Waals surface area contributed by atoms with E-state index in [1.165, 1.54) is 11.3 Å². The summed E-state index contributed by atoms with van der Waals surface area (Å²) in [5.41, 5.74) is 3.36. The van der Waals surface area contributed by atoms with Crippen LogP contribution in [0.15, 0.2) is 48.5 Å². The molecule has 0 radical (unpaired) electrons. The van der Waals surface area contributed by atoms with Crippen molar-refractivity contribution in [2.75, 3.05) is 49.5 Å². The summed E-state index contributed by atoms with van der Waals surface area (Å²) in [6.45, 7) is 9.10. The highest BCUT2D eigenvalue weighted by Crippen LogP contribution is 2.18. The first-order chi connectivity index (χ1) is 13.6. The smallest absolute Gasteiger partial charge is 0.238 e. The fourth-order valence-corrected chi connectivity index (χ4v) is 3.36. The fraction of sp³-hybridized carbons (Fsp3) is 0.435. The molecule has 1 N–H and O–H groups in total. The van der Waals surface area contributed by atoms with Crippen LogP contribution in [0.3, 0.4) is 0 Å². The summed E-state index contributed by atoms with van der Waals surface area (Å²) in [6, 6.07) is 16.2. The van der Waals surface area contributed by atoms with Crippen LogP contribution in [-0.2, 0) is 4.79 Å². The average molecular weight is 382 g/mol. The zero-order valence-electron chi connectivity index (χ0n) is 17.0. The van der Waals surface area contributed by atoms with Gasteiger partial charge in [-0.25, -0.2) is 0 Å². The summed E-state index contributed by atoms with van der Waals surface area (Å²) < 4.78 is 5.66. The maximum absolute atomic E-state index is 12.4. The number of nitrogens with zero attached hydrogens (tertiary/aromatic N) is 2. The first kappa shape index (κ1) is 20.2. The van der Waals surface area contributed by atoms with E-state index in [1.807, 2.05) is 24.3 Å². The lowest BCUT2D eigenvalue weighted by molar-refractivity contribution is -0.117. The minimum absolute atomic E-state index is 0.0312. The summed E-state index contributed by atoms with van der Waals surface area (Å²) in [5, 5.41) is 2.98. The molecule has 0 aliphatic carbocycles. The molecule has 2 aromatic rings. The van der Waals surface area contributed by atoms with Gasteiger partial charge in [0.1, 0.15) is 5.75 Å². The van der Waals surface area contributed by atoms with Crippen molar-refractivity contribution in [1.82, 2.24) is 4.90 Å². The van der Waals surface area contributed by atoms with E-state index in [2.05, 4.69) is 53.2 Å². The van der Waals surface area contributed by atoms with Crippen molar-refractivity contribution in [3.63, 3.8) is 0 Å². The number of nitrogens with one attached hydrogen (secondary N) is 1. The molecule has 1 aliphatic rings. The molecule has 0 unspecified atom stereocenters. The standard InChI is InChI=1S/C23H31N3O2/c1-3-4-16-28-22-10-8-20(9-11-22)24-23(27)18-25-12-14-26(15-13-25)21-7-5-6-19(2)17-21/h5-11,17H,3-4,12-16,18H2,1-2H3,(H,24,27). The van der Waals surface area contributed by atoms with Crippen LogP contribution in [0.1, 0.15) is 25.3 Å². The maximum Gasteiger partial charge on any atom is 0.238 e. The van der Waals surface area contributed by atoms with Gasteiger partial charge < -0.3 is 15.0 Å². The van der Waals surface area contributed by atoms with Gasteiger partial charge in [-0.2, -0.15) is 0 Å². The van der Waals surface area contributed by atoms with Crippen LogP contribution in [0.2, 0.25) is 0 Å². The number of aryl methyl sites for hydroxylation is 1. The molecule has 1 heterocycles. The monoisotopic (exact) mass is 381 g/mol. The van der Waals surface area contributed by atoms with Crippen LogP contribution in [0.5, 0.6) is 5.75 Å². The molecule has 5 heteroatoms. The largest absolute Gasteiger partial charge is 0.494 e. The molecule has 3 rings (SSSR count). The number of carbonyl (C=O) groups is 1. The molecule has 1 amide bonds. The van der Waals surface area contributed by atoms with Gasteiger partial charge in [0.15, 0.2) is 0 Å². The number of ether oxygens (including phenoxy) is 1. The Hall–Kier alpha value is -2.53. The van der Waals surface area contributed by atoms with Crippen molar-refractivity contribution in [3.05, 3.63) is 54.1 Å². The number of rotatable bonds is 8. The Labute approximate surface area is 168 Å². The Morgan fingerprint density at radius 2 is 1.82 bits per heavy atom. The molecule has 0 bridgehead atoms. The van der Waals surface area contributed by atoms with Gasteiger partial charge in [0.25, 0.3) is 0 Å². The lowest BCUT2D eigenvalue weighted by atomic mass is 10.2. The molecule has 2 aromatic carbocycles. The highest BCUT2D eigenvalue weighted by atomic mass is 16.5. The van der Waals surface area contributed by atoms with Crippen LogP contribution in [-0.4, -0.2) is 50.1 Å². The highest BCUT2D eigenvalue weighted by molar-refractivity contribution is 5.92. The number of amides is 1. The van der Waals surface area contributed by atoms with Gasteiger partial charge in [-0.1, -0.05) is 25.5 Å². The second-order valence-corrected chi connectivity index (χ2v) is 7.38. The third-order valence-corrected chi connectivity index (χ3v) is 5.01. The quantitative estimate of drug-likeness (QED) is 0.704. The lowest BCUT2D eigenvalue weighted by Crippen LogP contribution is -2.48. The van der Waals surface area contributed by atoms with Gasteiger partial charge in [0, 0.05) is 37.6 Å². The van der Waals surface area contributed by atoms with E-state index >= 15 is 0 Å². The van der Waals surface area contributed by atoms with Crippen LogP contribution < -0.4 is 15.0 Å². The number of piperazine rings is 1. The third kappa shape index (κ3) is 5.99. The zero-order chi connectivity index (χ0) is 19.8. The number of anilines is 2. The van der Waals surface area contributed by atoms with E-state index in [0.29, 0.717) is 6.54 Å². The Morgan fingerprint density at radius 1 is 1.07 bits per heavy atom. The van der Waals surface area contributed by atoms with Gasteiger partial charge in [0.2, 0.25) is 5.91 Å². The molecule has 0 spiro atoms. The number of hydrogen-bond donors (Lipinski definition) is 1. The van der Waals surface area contributed by atoms with Gasteiger partial charge in [-0.15, -0.1) is 0 Å². The Balaban J connectivity index is 1.42. The topological polar surface area (TPSA) is 44.8 Å². The molecule has 28 heavy (non-hydrogen) atoms. The first-order valence-corrected chi connectivity index (χ1v) is 10.2. The predicted octanol–water partition coefficient (Wildman–Crippen LogP) is 3.93. The van der Waals surface area contributed by atoms with Crippen LogP contribution in [0, 0.1) is 6.92 Å². The summed E-state index contributed by atoms with van der Waals surface area (Å²) in [4.78, 5) is 17.0. The molecular weight excluding hydrogens is 350 g/mol. The van der Waals surface area contributed by atoms with Crippen LogP contribution in [0.4, 0.5) is 11.4 Å². The molecule has 150 valence electrons. The summed E-state index contributed by atoms with van der Waals surface area (Å²) >= 11 is 0. The van der Waals surface area contributed by atoms with Crippen molar-refractivity contribution in [2.24, 2.45) is 0 Å². The van der Waals surface area contributed by atoms with E-state index in [0.717, 1.165) is 57.1 Å². The molecule has 1 aliphatic heterocycles. The van der Waals surface area contributed by atoms with Crippen molar-refractivity contribution >= 4 is 17.3 Å². The number of benzene rings is 2. The molecule has 1 fully saturated rings. The Bertz CT molecular complexity index is 753. The molecular formula is C23H31N3O2. The van der Waals surface area contributed by atoms with Gasteiger partial charge in [-0.3, -0.25) is 9.69 Å². The SMILES string of the molecule is CCCCOc1ccc(NC(=O)CN2CCN(c3cccc(C)c3)CC2)cc1. The van der Waals surface area contributed by atoms with Crippen molar-refractivity contribution in [2.45, 2.75) is 26.7 Å². The van der Waals surface area contributed by atoms with Gasteiger partial charge in [-0.05, 0) is 55.3 Å². The summed E-state index contributed by atoms with van der Waals surface area (Å²) in [5.74, 6) is 0.877. The van der Waals surface area contributed by atoms with Crippen LogP contribution >= 0.6 is 0 Å². The van der Waals surface area contributed by atoms with E-state index in [1.54, 1.807) is 0 Å². The Morgan fingerprint density at radius 3 is 2.50 bits per heavy atom. The van der Waals surface area contributed by atoms with E-state index < -0.39 is 0 Å². The number of carbonyl (C=O) groups excluding carboxylic acids is 1. The summed E-state index contributed by atoms with van der Waals surface area (Å²) in [7, 11) is 0. The van der Waals surface area contributed by atoms with E-state index in [4.69, 9.17) is 4.74 Å². The second kappa shape index (κ2) is 10.1. The van der Waals surface area contributed by atoms with Gasteiger partial charge in [0.05, 0.1) is 13.2 Å². The van der Waals surface area contributed by atoms with E-state index in [9.17, 15) is 4.79 Å². The minimum atomic E-state index is 0.0312. The van der Waals surface area contributed by atoms with Crippen LogP contribution in [0.25, 0.3) is 0 Å². The second-order valence-electron chi connectivity index (χ2n) is 7.38. The third-order valence-electron chi connectivity index (χ3n) is 5.01. The number of hydrogen-bond acceptors (Lipinski definition) is 4. The molecule has 5 nitrogen and oxygen atoms in total. The lowest BCUT2D eigenvalue weighted by Gasteiger charge is -2.35. The predicted molar refractivity (Wildman–Crippen MR) is 115 cm³/mol. The van der Waals surface area contributed by atoms with Crippen molar-refractivity contribution < 1.29 is 9.53 Å². The summed E-state index contributed by atoms with van der Waals surface area (Å²) in [6.07, 6.45) is 2.17. The fourth-order valence-electron chi connectivity index (χ4n) is 3.36. The number of unbranched alkanes of at least 4 members (excludes halogenated alkanes) is 1.